The highest BCUT2D eigenvalue weighted by Gasteiger charge is 2.22. The van der Waals surface area contributed by atoms with Gasteiger partial charge < -0.3 is 14.8 Å². The fourth-order valence-corrected chi connectivity index (χ4v) is 4.18. The van der Waals surface area contributed by atoms with Crippen LogP contribution in [0.3, 0.4) is 0 Å². The number of nitrogens with one attached hydrogen (secondary N) is 1. The first kappa shape index (κ1) is 24.0. The molecule has 0 unspecified atom stereocenters. The topological polar surface area (TPSA) is 90.0 Å². The number of hydrogen-bond donors (Lipinski definition) is 1. The molecule has 0 saturated heterocycles. The molecule has 0 atom stereocenters. The molecule has 10 heteroatoms. The molecule has 0 radical (unpaired) electrons. The third-order valence-electron chi connectivity index (χ3n) is 6.06. The van der Waals surface area contributed by atoms with Crippen molar-refractivity contribution < 1.29 is 9.18 Å². The summed E-state index contributed by atoms with van der Waals surface area (Å²) < 4.78 is 18.4. The molecular formula is C27H26FN7O2. The van der Waals surface area contributed by atoms with Crippen LogP contribution in [0.5, 0.6) is 0 Å². The summed E-state index contributed by atoms with van der Waals surface area (Å²) in [4.78, 5) is 28.3. The molecular weight excluding hydrogens is 473 g/mol. The van der Waals surface area contributed by atoms with E-state index >= 15 is 0 Å². The number of carbonyl (C=O) groups excluding carboxylic acids is 1. The van der Waals surface area contributed by atoms with Crippen LogP contribution in [0.4, 0.5) is 10.1 Å². The van der Waals surface area contributed by atoms with Gasteiger partial charge in [-0.05, 0) is 55.0 Å². The van der Waals surface area contributed by atoms with E-state index in [1.165, 1.54) is 16.8 Å². The molecule has 0 saturated carbocycles. The summed E-state index contributed by atoms with van der Waals surface area (Å²) in [6, 6.07) is 17.5. The van der Waals surface area contributed by atoms with Gasteiger partial charge in [0.15, 0.2) is 5.82 Å². The van der Waals surface area contributed by atoms with E-state index in [9.17, 15) is 14.0 Å². The minimum atomic E-state index is -0.461. The molecule has 3 heterocycles. The van der Waals surface area contributed by atoms with Gasteiger partial charge in [-0.15, -0.1) is 0 Å². The van der Waals surface area contributed by atoms with Crippen LogP contribution < -0.4 is 15.8 Å². The van der Waals surface area contributed by atoms with E-state index in [1.807, 2.05) is 55.4 Å². The SMILES string of the molecule is Cc1nn(CC(=O)NCc2ccc(N(C)C)cc2)c(=O)c2c(-n3cccc3)n(-c3cccc(F)c3)nc12. The Bertz CT molecular complexity index is 1630. The monoisotopic (exact) mass is 499 g/mol. The van der Waals surface area contributed by atoms with E-state index in [-0.39, 0.29) is 12.5 Å². The number of anilines is 1. The molecule has 0 spiro atoms. The third kappa shape index (κ3) is 4.73. The van der Waals surface area contributed by atoms with Crippen LogP contribution in [0, 0.1) is 12.7 Å². The van der Waals surface area contributed by atoms with Gasteiger partial charge in [-0.1, -0.05) is 18.2 Å². The molecule has 0 aliphatic carbocycles. The highest BCUT2D eigenvalue weighted by molar-refractivity contribution is 5.88. The molecule has 188 valence electrons. The largest absolute Gasteiger partial charge is 0.378 e. The molecule has 0 bridgehead atoms. The van der Waals surface area contributed by atoms with Crippen molar-refractivity contribution in [2.45, 2.75) is 20.0 Å². The van der Waals surface area contributed by atoms with Gasteiger partial charge in [0.1, 0.15) is 23.3 Å². The highest BCUT2D eigenvalue weighted by atomic mass is 19.1. The van der Waals surface area contributed by atoms with E-state index in [2.05, 4.69) is 15.5 Å². The maximum absolute atomic E-state index is 14.0. The van der Waals surface area contributed by atoms with Crippen molar-refractivity contribution in [1.82, 2.24) is 29.4 Å². The van der Waals surface area contributed by atoms with Gasteiger partial charge in [0.2, 0.25) is 5.91 Å². The number of carbonyl (C=O) groups is 1. The summed E-state index contributed by atoms with van der Waals surface area (Å²) in [5, 5.41) is 12.1. The summed E-state index contributed by atoms with van der Waals surface area (Å²) in [5.74, 6) is -0.322. The van der Waals surface area contributed by atoms with Crippen molar-refractivity contribution in [2.24, 2.45) is 0 Å². The third-order valence-corrected chi connectivity index (χ3v) is 6.06. The normalized spacial score (nSPS) is 11.1. The molecule has 5 rings (SSSR count). The highest BCUT2D eigenvalue weighted by Crippen LogP contribution is 2.25. The summed E-state index contributed by atoms with van der Waals surface area (Å²) in [6.45, 7) is 1.81. The number of aryl methyl sites for hydroxylation is 1. The van der Waals surface area contributed by atoms with Crippen LogP contribution in [0.2, 0.25) is 0 Å². The molecule has 1 amide bonds. The zero-order valence-corrected chi connectivity index (χ0v) is 20.7. The smallest absolute Gasteiger partial charge is 0.280 e. The predicted octanol–water partition coefficient (Wildman–Crippen LogP) is 3.20. The molecule has 2 aromatic carbocycles. The summed E-state index contributed by atoms with van der Waals surface area (Å²) in [6.07, 6.45) is 3.56. The van der Waals surface area contributed by atoms with Crippen LogP contribution >= 0.6 is 0 Å². The van der Waals surface area contributed by atoms with Crippen LogP contribution in [0.1, 0.15) is 11.3 Å². The van der Waals surface area contributed by atoms with Crippen LogP contribution in [-0.2, 0) is 17.9 Å². The van der Waals surface area contributed by atoms with E-state index in [4.69, 9.17) is 0 Å². The van der Waals surface area contributed by atoms with E-state index < -0.39 is 11.4 Å². The van der Waals surface area contributed by atoms with E-state index in [0.29, 0.717) is 34.6 Å². The van der Waals surface area contributed by atoms with Gasteiger partial charge in [0.05, 0.1) is 11.4 Å². The van der Waals surface area contributed by atoms with Gasteiger partial charge in [-0.2, -0.15) is 10.2 Å². The average Bonchev–Trinajstić information content (AvgIpc) is 3.54. The Hall–Kier alpha value is -4.73. The van der Waals surface area contributed by atoms with Crippen molar-refractivity contribution in [2.75, 3.05) is 19.0 Å². The molecule has 0 aliphatic heterocycles. The number of nitrogens with zero attached hydrogens (tertiary/aromatic N) is 6. The van der Waals surface area contributed by atoms with Crippen molar-refractivity contribution >= 4 is 22.5 Å². The first-order chi connectivity index (χ1) is 17.8. The molecule has 1 N–H and O–H groups in total. The van der Waals surface area contributed by atoms with Crippen LogP contribution in [0.15, 0.2) is 77.9 Å². The quantitative estimate of drug-likeness (QED) is 0.372. The Morgan fingerprint density at radius 2 is 1.76 bits per heavy atom. The molecule has 3 aromatic heterocycles. The van der Waals surface area contributed by atoms with Crippen LogP contribution in [0.25, 0.3) is 22.4 Å². The Balaban J connectivity index is 1.49. The Labute approximate surface area is 212 Å². The second-order valence-corrected chi connectivity index (χ2v) is 8.92. The fourth-order valence-electron chi connectivity index (χ4n) is 4.18. The lowest BCUT2D eigenvalue weighted by Crippen LogP contribution is -2.34. The Morgan fingerprint density at radius 3 is 2.43 bits per heavy atom. The number of hydrogen-bond acceptors (Lipinski definition) is 5. The fraction of sp³-hybridized carbons (Fsp3) is 0.185. The molecule has 37 heavy (non-hydrogen) atoms. The zero-order valence-electron chi connectivity index (χ0n) is 20.7. The summed E-state index contributed by atoms with van der Waals surface area (Å²) >= 11 is 0. The maximum atomic E-state index is 14.0. The number of rotatable bonds is 7. The van der Waals surface area contributed by atoms with E-state index in [1.54, 1.807) is 36.0 Å². The second kappa shape index (κ2) is 9.73. The number of benzene rings is 2. The van der Waals surface area contributed by atoms with Crippen molar-refractivity contribution in [3.63, 3.8) is 0 Å². The van der Waals surface area contributed by atoms with Gasteiger partial charge in [0.25, 0.3) is 5.56 Å². The maximum Gasteiger partial charge on any atom is 0.280 e. The predicted molar refractivity (Wildman–Crippen MR) is 140 cm³/mol. The molecule has 0 aliphatic rings. The minimum absolute atomic E-state index is 0.248. The number of fused-ring (bicyclic) bond motifs is 1. The first-order valence-electron chi connectivity index (χ1n) is 11.7. The number of halogens is 1. The van der Waals surface area contributed by atoms with Crippen molar-refractivity contribution in [1.29, 1.82) is 0 Å². The standard InChI is InChI=1S/C27H26FN7O2/c1-18-25-24(26(33-13-4-5-14-33)35(31-25)22-8-6-7-20(28)15-22)27(37)34(30-18)17-23(36)29-16-19-9-11-21(12-10-19)32(2)3/h4-15H,16-17H2,1-3H3,(H,29,36). The number of aromatic nitrogens is 5. The van der Waals surface area contributed by atoms with Crippen molar-refractivity contribution in [3.8, 4) is 11.5 Å². The van der Waals surface area contributed by atoms with E-state index in [0.717, 1.165) is 15.9 Å². The Morgan fingerprint density at radius 1 is 1.03 bits per heavy atom. The Kier molecular flexibility index (Phi) is 6.31. The lowest BCUT2D eigenvalue weighted by Gasteiger charge is -2.13. The number of amides is 1. The summed E-state index contributed by atoms with van der Waals surface area (Å²) in [7, 11) is 3.92. The molecule has 9 nitrogen and oxygen atoms in total. The van der Waals surface area contributed by atoms with Gasteiger partial charge in [-0.3, -0.25) is 9.59 Å². The molecule has 0 fully saturated rings. The first-order valence-corrected chi connectivity index (χ1v) is 11.7. The van der Waals surface area contributed by atoms with Crippen molar-refractivity contribution in [3.05, 3.63) is 100 Å². The molecule has 5 aromatic rings. The average molecular weight is 500 g/mol. The summed E-state index contributed by atoms with van der Waals surface area (Å²) in [5.41, 5.74) is 2.87. The lowest BCUT2D eigenvalue weighted by molar-refractivity contribution is -0.122. The minimum Gasteiger partial charge on any atom is -0.378 e. The lowest BCUT2D eigenvalue weighted by atomic mass is 10.2. The van der Waals surface area contributed by atoms with Gasteiger partial charge >= 0.3 is 0 Å². The van der Waals surface area contributed by atoms with Gasteiger partial charge in [-0.25, -0.2) is 13.8 Å². The van der Waals surface area contributed by atoms with Crippen LogP contribution in [-0.4, -0.2) is 44.1 Å². The second-order valence-electron chi connectivity index (χ2n) is 8.92. The van der Waals surface area contributed by atoms with Gasteiger partial charge in [0, 0.05) is 38.7 Å². The zero-order chi connectivity index (χ0) is 26.1.